The van der Waals surface area contributed by atoms with E-state index in [4.69, 9.17) is 31.4 Å². The molecule has 33 heteroatoms. The smallest absolute Gasteiger partial charge is 0.266 e. The number of aliphatic hydroxyl groups excluding tert-OH is 6. The lowest BCUT2D eigenvalue weighted by Crippen LogP contribution is -2.35. The van der Waals surface area contributed by atoms with Gasteiger partial charge < -0.3 is 91.7 Å². The van der Waals surface area contributed by atoms with Crippen LogP contribution in [0, 0.1) is 34.9 Å². The molecule has 0 unspecified atom stereocenters. The maximum Gasteiger partial charge on any atom is 0.266 e. The predicted octanol–water partition coefficient (Wildman–Crippen LogP) is 8.90. The lowest BCUT2D eigenvalue weighted by molar-refractivity contribution is -0.0168. The third-order valence-corrected chi connectivity index (χ3v) is 20.1. The predicted molar refractivity (Wildman–Crippen MR) is 342 cm³/mol. The van der Waals surface area contributed by atoms with Crippen molar-refractivity contribution in [2.45, 2.75) is 163 Å². The number of fused-ring (bicyclic) bond motifs is 6. The topological polar surface area (TPSA) is 317 Å². The largest absolute Gasteiger partial charge is 0.487 e. The summed E-state index contributed by atoms with van der Waals surface area (Å²) in [6.45, 7) is 5.36. The van der Waals surface area contributed by atoms with Crippen LogP contribution in [0.15, 0.2) is 73.6 Å². The van der Waals surface area contributed by atoms with E-state index in [1.54, 1.807) is 13.8 Å². The van der Waals surface area contributed by atoms with Gasteiger partial charge in [0.2, 0.25) is 0 Å². The van der Waals surface area contributed by atoms with Crippen molar-refractivity contribution in [1.29, 1.82) is 0 Å². The number of nitrogens with two attached hydrogens (primary N) is 3. The van der Waals surface area contributed by atoms with E-state index in [1.807, 2.05) is 0 Å². The first kappa shape index (κ1) is 70.8. The van der Waals surface area contributed by atoms with Gasteiger partial charge in [-0.3, -0.25) is 0 Å². The number of rotatable bonds is 12. The van der Waals surface area contributed by atoms with Crippen molar-refractivity contribution in [3.8, 4) is 17.2 Å². The van der Waals surface area contributed by atoms with Gasteiger partial charge in [-0.2, -0.15) is 0 Å². The number of benzene rings is 3. The molecule has 0 amide bonds. The molecular weight excluding hydrogens is 1360 g/mol. The van der Waals surface area contributed by atoms with Crippen LogP contribution >= 0.6 is 0 Å². The van der Waals surface area contributed by atoms with Gasteiger partial charge in [0.15, 0.2) is 17.5 Å². The molecule has 14 atom stereocenters. The molecule has 15 rings (SSSR count). The Morgan fingerprint density at radius 2 is 0.762 bits per heavy atom. The molecule has 9 heterocycles. The van der Waals surface area contributed by atoms with Crippen LogP contribution in [0.4, 0.5) is 69.7 Å². The van der Waals surface area contributed by atoms with Crippen LogP contribution in [0.5, 0.6) is 17.2 Å². The third-order valence-electron chi connectivity index (χ3n) is 20.1. The summed E-state index contributed by atoms with van der Waals surface area (Å²) in [6.07, 6.45) is -12.5. The van der Waals surface area contributed by atoms with Gasteiger partial charge in [-0.25, -0.2) is 67.6 Å². The van der Waals surface area contributed by atoms with Crippen LogP contribution in [-0.4, -0.2) is 134 Å². The van der Waals surface area contributed by atoms with Crippen molar-refractivity contribution >= 4 is 50.2 Å². The Morgan fingerprint density at radius 3 is 1.10 bits per heavy atom. The summed E-state index contributed by atoms with van der Waals surface area (Å²) in [6, 6.07) is 4.78. The van der Waals surface area contributed by atoms with Crippen LogP contribution in [0.1, 0.15) is 132 Å². The summed E-state index contributed by atoms with van der Waals surface area (Å²) < 4.78 is 191. The molecular formula is C68H70F12N12O9. The van der Waals surface area contributed by atoms with Gasteiger partial charge >= 0.3 is 0 Å². The molecule has 0 saturated heterocycles. The SMILES string of the molecule is C[C@@H]1CNCc2c(O[C@H]3C[C@@H](n4cc(F)c5c(N)ccnc54)[C@H](O)[C@@H]3O)cc(C(F)F)c(F)c21.C[C@H]1CNCc2c(O[C@H]3C[C@@H](n4cc(F)c5c(N)ccnc54)[C@H](O)[C@@H]3O)cc(C(F)F)c(F)c21.Nc1ccnc2c1c(F)cn2[C@@H]1C[C@H](Oc2cc(C(F)F)c(F)c3c2CNCC3)[C@@H](O)[C@H]1O. The first-order valence-electron chi connectivity index (χ1n) is 32.5. The van der Waals surface area contributed by atoms with Crippen LogP contribution in [0.25, 0.3) is 33.1 Å². The first-order chi connectivity index (χ1) is 48.1. The Bertz CT molecular complexity index is 4430. The van der Waals surface area contributed by atoms with Crippen molar-refractivity contribution in [3.63, 3.8) is 0 Å². The highest BCUT2D eigenvalue weighted by Crippen LogP contribution is 2.47. The Morgan fingerprint density at radius 1 is 0.446 bits per heavy atom. The summed E-state index contributed by atoms with van der Waals surface area (Å²) in [4.78, 5) is 12.5. The van der Waals surface area contributed by atoms with E-state index in [-0.39, 0.29) is 141 Å². The lowest BCUT2D eigenvalue weighted by atomic mass is 9.89. The maximum atomic E-state index is 14.8. The molecule has 540 valence electrons. The lowest BCUT2D eigenvalue weighted by Gasteiger charge is -2.29. The first-order valence-corrected chi connectivity index (χ1v) is 32.5. The third kappa shape index (κ3) is 12.6. The molecule has 0 spiro atoms. The van der Waals surface area contributed by atoms with Crippen LogP contribution in [0.2, 0.25) is 0 Å². The standard InChI is InChI=1S/2C23H24F4N4O3.C22H22F4N4O3/c2*1-9-6-29-7-11-15(4-10(22(26)27)19(25)17(9)11)34-16-5-14(20(32)21(16)33)31-8-12(24)18-13(28)2-3-30-23(18)31;23-12-8-30(22-17(12)13(27)2-4-29-22)14-6-16(20(32)19(14)31)33-15-5-10(21(25)26)18(24)9-1-3-28-7-11(9)15/h2*2-4,8-9,14,16,20-22,29,32-33H,5-7H2,1H3,(H2,28,30);2,4-5,8,14,16,19-21,28,31-32H,1,3,6-7H2,(H2,27,29)/t9-,14+,16-,20-,21+;9-,14-,16+,20+,21-;14-,16+,19+,20-/m011/s1. The van der Waals surface area contributed by atoms with Crippen molar-refractivity contribution < 1.29 is 97.5 Å². The minimum Gasteiger partial charge on any atom is -0.487 e. The monoisotopic (exact) mass is 1430 g/mol. The molecule has 0 radical (unpaired) electrons. The zero-order valence-corrected chi connectivity index (χ0v) is 53.7. The number of nitrogen functional groups attached to an aromatic ring is 3. The molecule has 3 aromatic carbocycles. The fourth-order valence-electron chi connectivity index (χ4n) is 15.1. The second-order valence-corrected chi connectivity index (χ2v) is 26.2. The normalized spacial score (nSPS) is 26.3. The number of halogens is 12. The molecule has 0 bridgehead atoms. The Labute approximate surface area is 566 Å². The van der Waals surface area contributed by atoms with Crippen molar-refractivity contribution in [2.75, 3.05) is 36.8 Å². The number of hydrogen-bond donors (Lipinski definition) is 12. The number of hydrogen-bond acceptors (Lipinski definition) is 18. The zero-order chi connectivity index (χ0) is 72.1. The van der Waals surface area contributed by atoms with E-state index in [0.29, 0.717) is 36.3 Å². The van der Waals surface area contributed by atoms with Crippen molar-refractivity contribution in [2.24, 2.45) is 0 Å². The molecule has 3 aliphatic heterocycles. The number of pyridine rings is 3. The maximum absolute atomic E-state index is 14.8. The molecule has 3 saturated carbocycles. The molecule has 3 fully saturated rings. The van der Waals surface area contributed by atoms with Crippen molar-refractivity contribution in [1.82, 2.24) is 44.6 Å². The Balaban J connectivity index is 0.000000135. The summed E-state index contributed by atoms with van der Waals surface area (Å²) in [7, 11) is 0. The summed E-state index contributed by atoms with van der Waals surface area (Å²) in [5.41, 5.74) is 18.1. The van der Waals surface area contributed by atoms with E-state index in [2.05, 4.69) is 30.9 Å². The number of alkyl halides is 6. The Hall–Kier alpha value is -8.67. The van der Waals surface area contributed by atoms with Gasteiger partial charge in [0, 0.05) is 134 Å². The highest BCUT2D eigenvalue weighted by molar-refractivity contribution is 5.90. The molecule has 3 aliphatic carbocycles. The summed E-state index contributed by atoms with van der Waals surface area (Å²) in [5.74, 6) is -5.37. The van der Waals surface area contributed by atoms with Gasteiger partial charge in [0.05, 0.1) is 51.0 Å². The minimum absolute atomic E-state index is 0.0218. The second-order valence-electron chi connectivity index (χ2n) is 26.2. The molecule has 101 heavy (non-hydrogen) atoms. The highest BCUT2D eigenvalue weighted by Gasteiger charge is 2.49. The number of aliphatic hydroxyl groups is 6. The average Bonchev–Trinajstić information content (AvgIpc) is 1.30. The molecule has 6 aromatic heterocycles. The highest BCUT2D eigenvalue weighted by atomic mass is 19.3. The Kier molecular flexibility index (Phi) is 19.6. The van der Waals surface area contributed by atoms with Gasteiger partial charge in [-0.1, -0.05) is 13.8 Å². The van der Waals surface area contributed by atoms with Crippen LogP contribution < -0.4 is 47.4 Å². The van der Waals surface area contributed by atoms with E-state index in [1.165, 1.54) is 50.5 Å². The van der Waals surface area contributed by atoms with Crippen LogP contribution in [0.3, 0.4) is 0 Å². The molecule has 6 aliphatic rings. The van der Waals surface area contributed by atoms with E-state index in [0.717, 1.165) is 36.8 Å². The number of nitrogens with one attached hydrogen (secondary N) is 3. The fourth-order valence-corrected chi connectivity index (χ4v) is 15.1. The van der Waals surface area contributed by atoms with Gasteiger partial charge in [0.1, 0.15) is 107 Å². The second kappa shape index (κ2) is 27.9. The number of aromatic nitrogens is 6. The number of ether oxygens (including phenoxy) is 3. The number of nitrogens with zero attached hydrogens (tertiary/aromatic N) is 6. The number of anilines is 3. The zero-order valence-electron chi connectivity index (χ0n) is 53.7. The van der Waals surface area contributed by atoms with E-state index in [9.17, 15) is 83.3 Å². The quantitative estimate of drug-likeness (QED) is 0.0508. The van der Waals surface area contributed by atoms with Gasteiger partial charge in [0.25, 0.3) is 19.3 Å². The average molecular weight is 1430 g/mol. The van der Waals surface area contributed by atoms with Gasteiger partial charge in [-0.05, 0) is 66.8 Å². The minimum atomic E-state index is -3.05. The fraction of sp³-hybridized carbons (Fsp3) is 0.426. The van der Waals surface area contributed by atoms with Gasteiger partial charge in [-0.15, -0.1) is 0 Å². The molecule has 21 nitrogen and oxygen atoms in total. The molecule has 15 N–H and O–H groups in total. The van der Waals surface area contributed by atoms with E-state index < -0.39 is 144 Å². The molecule has 9 aromatic rings. The van der Waals surface area contributed by atoms with Crippen molar-refractivity contribution in [3.05, 3.63) is 159 Å². The van der Waals surface area contributed by atoms with Crippen LogP contribution in [-0.2, 0) is 26.1 Å². The van der Waals surface area contributed by atoms with E-state index >= 15 is 0 Å². The summed E-state index contributed by atoms with van der Waals surface area (Å²) in [5, 5.41) is 73.8. The summed E-state index contributed by atoms with van der Waals surface area (Å²) >= 11 is 0.